The molecule has 0 aromatic heterocycles. The maximum absolute atomic E-state index is 11.7. The minimum absolute atomic E-state index is 0.144. The molecule has 1 heterocycles. The first-order valence-corrected chi connectivity index (χ1v) is 6.56. The quantitative estimate of drug-likeness (QED) is 0.797. The van der Waals surface area contributed by atoms with Crippen LogP contribution in [0.3, 0.4) is 0 Å². The first kappa shape index (κ1) is 14.0. The van der Waals surface area contributed by atoms with Crippen LogP contribution in [0, 0.1) is 0 Å². The molecule has 1 saturated heterocycles. The normalized spacial score (nSPS) is 20.3. The van der Waals surface area contributed by atoms with Gasteiger partial charge < -0.3 is 4.74 Å². The lowest BCUT2D eigenvalue weighted by Crippen LogP contribution is -2.40. The van der Waals surface area contributed by atoms with Crippen LogP contribution < -0.4 is 0 Å². The highest BCUT2D eigenvalue weighted by atomic mass is 35.5. The first-order chi connectivity index (χ1) is 9.11. The lowest BCUT2D eigenvalue weighted by molar-refractivity contribution is -0.144. The van der Waals surface area contributed by atoms with Gasteiger partial charge in [0.25, 0.3) is 0 Å². The Balaban J connectivity index is 2.24. The molecule has 4 nitrogen and oxygen atoms in total. The van der Waals surface area contributed by atoms with E-state index in [9.17, 15) is 9.59 Å². The Labute approximate surface area is 117 Å². The maximum atomic E-state index is 11.7. The highest BCUT2D eigenvalue weighted by molar-refractivity contribution is 6.31. The van der Waals surface area contributed by atoms with Crippen LogP contribution in [0.5, 0.6) is 0 Å². The molecule has 5 heteroatoms. The van der Waals surface area contributed by atoms with Crippen LogP contribution in [-0.2, 0) is 14.3 Å². The number of Topliss-reactive ketones (excluding diaryl/α,β-unsaturated/α-hetero) is 1. The lowest BCUT2D eigenvalue weighted by Gasteiger charge is -2.34. The molecule has 1 aliphatic heterocycles. The summed E-state index contributed by atoms with van der Waals surface area (Å²) in [5, 5.41) is 0.622. The topological polar surface area (TPSA) is 46.6 Å². The van der Waals surface area contributed by atoms with E-state index in [0.717, 1.165) is 5.56 Å². The van der Waals surface area contributed by atoms with Crippen molar-refractivity contribution in [2.75, 3.05) is 20.2 Å². The molecule has 1 aliphatic rings. The molecular formula is C14H16ClNO3. The Bertz CT molecular complexity index is 489. The fourth-order valence-electron chi connectivity index (χ4n) is 2.34. The van der Waals surface area contributed by atoms with Gasteiger partial charge in [-0.3, -0.25) is 14.5 Å². The summed E-state index contributed by atoms with van der Waals surface area (Å²) < 4.78 is 4.70. The Kier molecular flexibility index (Phi) is 4.56. The van der Waals surface area contributed by atoms with Crippen molar-refractivity contribution in [3.05, 3.63) is 34.9 Å². The Morgan fingerprint density at radius 1 is 1.47 bits per heavy atom. The average molecular weight is 282 g/mol. The summed E-state index contributed by atoms with van der Waals surface area (Å²) in [4.78, 5) is 25.1. The third-order valence-electron chi connectivity index (χ3n) is 3.36. The zero-order valence-electron chi connectivity index (χ0n) is 10.8. The number of nitrogens with zero attached hydrogens (tertiary/aromatic N) is 1. The van der Waals surface area contributed by atoms with Crippen molar-refractivity contribution in [1.29, 1.82) is 0 Å². The summed E-state index contributed by atoms with van der Waals surface area (Å²) in [5.41, 5.74) is 0.890. The first-order valence-electron chi connectivity index (χ1n) is 6.19. The Morgan fingerprint density at radius 2 is 2.21 bits per heavy atom. The number of carbonyl (C=O) groups is 2. The van der Waals surface area contributed by atoms with Crippen molar-refractivity contribution >= 4 is 23.4 Å². The van der Waals surface area contributed by atoms with Gasteiger partial charge in [-0.25, -0.2) is 0 Å². The fourth-order valence-corrected chi connectivity index (χ4v) is 2.60. The molecule has 102 valence electrons. The number of ether oxygens (including phenoxy) is 1. The summed E-state index contributed by atoms with van der Waals surface area (Å²) in [5.74, 6) is -0.0996. The highest BCUT2D eigenvalue weighted by Gasteiger charge is 2.30. The smallest absolute Gasteiger partial charge is 0.319 e. The molecule has 0 radical (unpaired) electrons. The molecule has 0 spiro atoms. The van der Waals surface area contributed by atoms with Crippen molar-refractivity contribution in [3.8, 4) is 0 Å². The molecule has 0 amide bonds. The molecule has 19 heavy (non-hydrogen) atoms. The van der Waals surface area contributed by atoms with Crippen LogP contribution in [0.4, 0.5) is 0 Å². The number of hydrogen-bond acceptors (Lipinski definition) is 4. The van der Waals surface area contributed by atoms with E-state index in [1.165, 1.54) is 7.11 Å². The molecule has 1 aromatic rings. The number of likely N-dealkylation sites (tertiary alicyclic amines) is 1. The third-order valence-corrected chi connectivity index (χ3v) is 3.71. The van der Waals surface area contributed by atoms with Crippen molar-refractivity contribution in [1.82, 2.24) is 4.90 Å². The van der Waals surface area contributed by atoms with Gasteiger partial charge >= 0.3 is 5.97 Å². The zero-order chi connectivity index (χ0) is 13.8. The van der Waals surface area contributed by atoms with E-state index in [1.807, 2.05) is 23.1 Å². The molecule has 0 saturated carbocycles. The van der Waals surface area contributed by atoms with Gasteiger partial charge in [0.2, 0.25) is 0 Å². The fraction of sp³-hybridized carbons (Fsp3) is 0.429. The minimum atomic E-state index is -0.300. The number of methoxy groups -OCH3 is 1. The Morgan fingerprint density at radius 3 is 2.89 bits per heavy atom. The van der Waals surface area contributed by atoms with Crippen LogP contribution in [-0.4, -0.2) is 36.9 Å². The van der Waals surface area contributed by atoms with E-state index in [0.29, 0.717) is 24.4 Å². The minimum Gasteiger partial charge on any atom is -0.468 e. The number of halogens is 1. The van der Waals surface area contributed by atoms with Gasteiger partial charge in [-0.1, -0.05) is 29.8 Å². The molecule has 1 fully saturated rings. The number of piperidine rings is 1. The number of carbonyl (C=O) groups excluding carboxylic acids is 2. The standard InChI is InChI=1S/C14H16ClNO3/c1-19-14(18)9-16-7-6-10(17)8-13(16)11-4-2-3-5-12(11)15/h2-5,13H,6-9H2,1H3. The van der Waals surface area contributed by atoms with Crippen LogP contribution in [0.15, 0.2) is 24.3 Å². The van der Waals surface area contributed by atoms with Gasteiger partial charge in [-0.2, -0.15) is 0 Å². The summed E-state index contributed by atoms with van der Waals surface area (Å²) in [6.45, 7) is 0.740. The average Bonchev–Trinajstić information content (AvgIpc) is 2.41. The van der Waals surface area contributed by atoms with Crippen molar-refractivity contribution in [2.24, 2.45) is 0 Å². The van der Waals surface area contributed by atoms with Gasteiger partial charge in [-0.05, 0) is 11.6 Å². The second kappa shape index (κ2) is 6.17. The zero-order valence-corrected chi connectivity index (χ0v) is 11.5. The van der Waals surface area contributed by atoms with Gasteiger partial charge in [0.1, 0.15) is 5.78 Å². The third kappa shape index (κ3) is 3.33. The molecule has 0 aliphatic carbocycles. The predicted molar refractivity (Wildman–Crippen MR) is 72.0 cm³/mol. The lowest BCUT2D eigenvalue weighted by atomic mass is 9.94. The van der Waals surface area contributed by atoms with Crippen LogP contribution in [0.2, 0.25) is 5.02 Å². The molecule has 1 atom stereocenters. The summed E-state index contributed by atoms with van der Waals surface area (Å²) in [7, 11) is 1.36. The monoisotopic (exact) mass is 281 g/mol. The number of hydrogen-bond donors (Lipinski definition) is 0. The molecule has 2 rings (SSSR count). The van der Waals surface area contributed by atoms with Crippen molar-refractivity contribution in [2.45, 2.75) is 18.9 Å². The highest BCUT2D eigenvalue weighted by Crippen LogP contribution is 2.33. The number of esters is 1. The van der Waals surface area contributed by atoms with Gasteiger partial charge in [0.05, 0.1) is 13.7 Å². The molecule has 0 bridgehead atoms. The van der Waals surface area contributed by atoms with Crippen LogP contribution >= 0.6 is 11.6 Å². The molecular weight excluding hydrogens is 266 g/mol. The van der Waals surface area contributed by atoms with Crippen LogP contribution in [0.1, 0.15) is 24.4 Å². The summed E-state index contributed by atoms with van der Waals surface area (Å²) in [6, 6.07) is 7.29. The van der Waals surface area contributed by atoms with Gasteiger partial charge in [0, 0.05) is 30.5 Å². The van der Waals surface area contributed by atoms with Crippen molar-refractivity contribution < 1.29 is 14.3 Å². The van der Waals surface area contributed by atoms with E-state index in [-0.39, 0.29) is 24.3 Å². The van der Waals surface area contributed by atoms with E-state index in [4.69, 9.17) is 16.3 Å². The maximum Gasteiger partial charge on any atom is 0.319 e. The summed E-state index contributed by atoms with van der Waals surface area (Å²) >= 11 is 6.19. The molecule has 1 aromatic carbocycles. The van der Waals surface area contributed by atoms with Crippen LogP contribution in [0.25, 0.3) is 0 Å². The van der Waals surface area contributed by atoms with E-state index in [1.54, 1.807) is 6.07 Å². The van der Waals surface area contributed by atoms with Gasteiger partial charge in [0.15, 0.2) is 0 Å². The summed E-state index contributed by atoms with van der Waals surface area (Å²) in [6.07, 6.45) is 0.860. The molecule has 0 N–H and O–H groups in total. The van der Waals surface area contributed by atoms with Crippen molar-refractivity contribution in [3.63, 3.8) is 0 Å². The van der Waals surface area contributed by atoms with Gasteiger partial charge in [-0.15, -0.1) is 0 Å². The van der Waals surface area contributed by atoms with E-state index in [2.05, 4.69) is 0 Å². The predicted octanol–water partition coefficient (Wildman–Crippen LogP) is 2.22. The number of benzene rings is 1. The largest absolute Gasteiger partial charge is 0.468 e. The van der Waals surface area contributed by atoms with E-state index < -0.39 is 0 Å². The SMILES string of the molecule is COC(=O)CN1CCC(=O)CC1c1ccccc1Cl. The Hall–Kier alpha value is -1.39. The second-order valence-electron chi connectivity index (χ2n) is 4.58. The number of rotatable bonds is 3. The molecule has 1 unspecified atom stereocenters. The second-order valence-corrected chi connectivity index (χ2v) is 4.98. The van der Waals surface area contributed by atoms with E-state index >= 15 is 0 Å². The number of ketones is 1.